The molecule has 3 aromatic rings. The number of methoxy groups -OCH3 is 2. The second-order valence-electron chi connectivity index (χ2n) is 4.27. The monoisotopic (exact) mass is 289 g/mol. The molecule has 2 aromatic heterocycles. The summed E-state index contributed by atoms with van der Waals surface area (Å²) in [6.07, 6.45) is 1.68. The topological polar surface area (TPSA) is 70.3 Å². The third-order valence-corrected chi connectivity index (χ3v) is 3.38. The molecule has 0 fully saturated rings. The summed E-state index contributed by atoms with van der Waals surface area (Å²) in [6, 6.07) is 5.45. The van der Waals surface area contributed by atoms with E-state index >= 15 is 0 Å². The molecule has 0 aliphatic carbocycles. The van der Waals surface area contributed by atoms with Gasteiger partial charge in [0.2, 0.25) is 0 Å². The minimum Gasteiger partial charge on any atom is -0.493 e. The second kappa shape index (κ2) is 4.68. The van der Waals surface area contributed by atoms with Crippen molar-refractivity contribution in [2.75, 3.05) is 20.0 Å². The Balaban J connectivity index is 2.46. The average Bonchev–Trinajstić information content (AvgIpc) is 2.45. The minimum absolute atomic E-state index is 0.345. The number of hydrogen-bond acceptors (Lipinski definition) is 5. The van der Waals surface area contributed by atoms with Crippen molar-refractivity contribution in [2.45, 2.75) is 0 Å². The molecule has 20 heavy (non-hydrogen) atoms. The van der Waals surface area contributed by atoms with Gasteiger partial charge in [0.05, 0.1) is 19.7 Å². The second-order valence-corrected chi connectivity index (χ2v) is 4.66. The van der Waals surface area contributed by atoms with E-state index in [1.165, 1.54) is 0 Å². The summed E-state index contributed by atoms with van der Waals surface area (Å²) in [7, 11) is 3.18. The molecule has 0 bridgehead atoms. The lowest BCUT2D eigenvalue weighted by Crippen LogP contribution is -1.95. The van der Waals surface area contributed by atoms with Crippen LogP contribution in [0.2, 0.25) is 5.15 Å². The van der Waals surface area contributed by atoms with Gasteiger partial charge in [-0.2, -0.15) is 0 Å². The first kappa shape index (κ1) is 12.7. The predicted molar refractivity (Wildman–Crippen MR) is 79.6 cm³/mol. The van der Waals surface area contributed by atoms with Crippen LogP contribution in [-0.2, 0) is 0 Å². The normalized spacial score (nSPS) is 10.9. The van der Waals surface area contributed by atoms with E-state index in [1.54, 1.807) is 26.5 Å². The van der Waals surface area contributed by atoms with Crippen molar-refractivity contribution >= 4 is 39.1 Å². The summed E-state index contributed by atoms with van der Waals surface area (Å²) in [5, 5.41) is 2.87. The van der Waals surface area contributed by atoms with Gasteiger partial charge in [-0.25, -0.2) is 4.98 Å². The lowest BCUT2D eigenvalue weighted by Gasteiger charge is -2.11. The highest BCUT2D eigenvalue weighted by Gasteiger charge is 2.11. The number of nitrogen functional groups attached to an aromatic ring is 1. The molecule has 5 nitrogen and oxygen atoms in total. The van der Waals surface area contributed by atoms with Gasteiger partial charge in [0.1, 0.15) is 11.0 Å². The first-order valence-electron chi connectivity index (χ1n) is 5.90. The molecule has 0 saturated carbocycles. The number of anilines is 1. The van der Waals surface area contributed by atoms with Gasteiger partial charge < -0.3 is 15.2 Å². The number of pyridine rings is 2. The van der Waals surface area contributed by atoms with E-state index in [2.05, 4.69) is 9.97 Å². The highest BCUT2D eigenvalue weighted by molar-refractivity contribution is 6.31. The zero-order valence-electron chi connectivity index (χ0n) is 11.0. The van der Waals surface area contributed by atoms with Gasteiger partial charge in [-0.1, -0.05) is 11.6 Å². The lowest BCUT2D eigenvalue weighted by atomic mass is 10.1. The first-order valence-corrected chi connectivity index (χ1v) is 6.28. The maximum Gasteiger partial charge on any atom is 0.162 e. The van der Waals surface area contributed by atoms with Crippen LogP contribution in [0.25, 0.3) is 21.7 Å². The van der Waals surface area contributed by atoms with Crippen LogP contribution < -0.4 is 15.2 Å². The Kier molecular flexibility index (Phi) is 2.99. The number of benzene rings is 1. The molecular weight excluding hydrogens is 278 g/mol. The van der Waals surface area contributed by atoms with Crippen molar-refractivity contribution in [1.29, 1.82) is 0 Å². The molecule has 102 valence electrons. The van der Waals surface area contributed by atoms with E-state index in [9.17, 15) is 0 Å². The van der Waals surface area contributed by atoms with Crippen LogP contribution in [-0.4, -0.2) is 24.2 Å². The van der Waals surface area contributed by atoms with Crippen LogP contribution in [0.3, 0.4) is 0 Å². The zero-order valence-corrected chi connectivity index (χ0v) is 11.7. The number of nitrogens with two attached hydrogens (primary N) is 1. The maximum atomic E-state index is 5.99. The summed E-state index contributed by atoms with van der Waals surface area (Å²) in [5.74, 6) is 1.61. The quantitative estimate of drug-likeness (QED) is 0.580. The number of halogens is 1. The summed E-state index contributed by atoms with van der Waals surface area (Å²) in [6.45, 7) is 0. The van der Waals surface area contributed by atoms with Crippen LogP contribution in [0.15, 0.2) is 24.4 Å². The molecule has 2 N–H and O–H groups in total. The number of fused-ring (bicyclic) bond motifs is 3. The summed E-state index contributed by atoms with van der Waals surface area (Å²) in [5.41, 5.74) is 6.66. The number of rotatable bonds is 2. The van der Waals surface area contributed by atoms with Crippen molar-refractivity contribution in [1.82, 2.24) is 9.97 Å². The van der Waals surface area contributed by atoms with Crippen LogP contribution >= 0.6 is 11.6 Å². The highest BCUT2D eigenvalue weighted by Crippen LogP contribution is 2.36. The molecule has 1 aromatic carbocycles. The molecule has 0 aliphatic heterocycles. The summed E-state index contributed by atoms with van der Waals surface area (Å²) in [4.78, 5) is 8.42. The SMILES string of the molecule is COc1cc2ncc3c(N)nc(Cl)cc3c2cc1OC. The lowest BCUT2D eigenvalue weighted by molar-refractivity contribution is 0.356. The van der Waals surface area contributed by atoms with Gasteiger partial charge in [0.15, 0.2) is 11.5 Å². The van der Waals surface area contributed by atoms with E-state index < -0.39 is 0 Å². The minimum atomic E-state index is 0.345. The van der Waals surface area contributed by atoms with Crippen LogP contribution in [0.4, 0.5) is 5.82 Å². The molecule has 0 unspecified atom stereocenters. The third-order valence-electron chi connectivity index (χ3n) is 3.18. The Morgan fingerprint density at radius 1 is 1.00 bits per heavy atom. The summed E-state index contributed by atoms with van der Waals surface area (Å²) >= 11 is 5.99. The van der Waals surface area contributed by atoms with E-state index in [0.29, 0.717) is 22.5 Å². The third kappa shape index (κ3) is 1.87. The Morgan fingerprint density at radius 3 is 2.40 bits per heavy atom. The Labute approximate surface area is 120 Å². The average molecular weight is 290 g/mol. The molecule has 0 spiro atoms. The molecule has 0 atom stereocenters. The number of ether oxygens (including phenoxy) is 2. The molecule has 0 radical (unpaired) electrons. The highest BCUT2D eigenvalue weighted by atomic mass is 35.5. The molecule has 2 heterocycles. The van der Waals surface area contributed by atoms with Gasteiger partial charge in [0, 0.05) is 23.0 Å². The van der Waals surface area contributed by atoms with Crippen molar-refractivity contribution < 1.29 is 9.47 Å². The standard InChI is InChI=1S/C14H12ClN3O2/c1-19-11-3-8-7-4-13(15)18-14(16)9(7)6-17-10(8)5-12(11)20-2/h3-6H,1-2H3,(H2,16,18). The first-order chi connectivity index (χ1) is 9.63. The van der Waals surface area contributed by atoms with Gasteiger partial charge in [-0.15, -0.1) is 0 Å². The zero-order chi connectivity index (χ0) is 14.3. The fourth-order valence-corrected chi connectivity index (χ4v) is 2.43. The fourth-order valence-electron chi connectivity index (χ4n) is 2.23. The van der Waals surface area contributed by atoms with Crippen molar-refractivity contribution in [3.63, 3.8) is 0 Å². The largest absolute Gasteiger partial charge is 0.493 e. The van der Waals surface area contributed by atoms with Crippen LogP contribution in [0.1, 0.15) is 0 Å². The molecule has 0 aliphatic rings. The van der Waals surface area contributed by atoms with Crippen molar-refractivity contribution in [3.05, 3.63) is 29.5 Å². The Bertz CT molecular complexity index is 820. The number of aromatic nitrogens is 2. The van der Waals surface area contributed by atoms with Gasteiger partial charge in [0.25, 0.3) is 0 Å². The van der Waals surface area contributed by atoms with Gasteiger partial charge in [-0.05, 0) is 17.5 Å². The smallest absolute Gasteiger partial charge is 0.162 e. The van der Waals surface area contributed by atoms with Crippen LogP contribution in [0.5, 0.6) is 11.5 Å². The molecular formula is C14H12ClN3O2. The number of hydrogen-bond donors (Lipinski definition) is 1. The van der Waals surface area contributed by atoms with E-state index in [1.807, 2.05) is 12.1 Å². The molecule has 3 rings (SSSR count). The van der Waals surface area contributed by atoms with Gasteiger partial charge in [-0.3, -0.25) is 4.98 Å². The molecule has 0 amide bonds. The van der Waals surface area contributed by atoms with E-state index in [4.69, 9.17) is 26.8 Å². The molecule has 6 heteroatoms. The molecule has 0 saturated heterocycles. The Hall–Kier alpha value is -2.27. The van der Waals surface area contributed by atoms with Crippen molar-refractivity contribution in [3.8, 4) is 11.5 Å². The van der Waals surface area contributed by atoms with Crippen LogP contribution in [0, 0.1) is 0 Å². The predicted octanol–water partition coefficient (Wildman–Crippen LogP) is 3.04. The number of nitrogens with zero attached hydrogens (tertiary/aromatic N) is 2. The van der Waals surface area contributed by atoms with E-state index in [0.717, 1.165) is 21.7 Å². The van der Waals surface area contributed by atoms with E-state index in [-0.39, 0.29) is 0 Å². The fraction of sp³-hybridized carbons (Fsp3) is 0.143. The summed E-state index contributed by atoms with van der Waals surface area (Å²) < 4.78 is 10.6. The maximum absolute atomic E-state index is 5.99. The van der Waals surface area contributed by atoms with Crippen molar-refractivity contribution in [2.24, 2.45) is 0 Å². The van der Waals surface area contributed by atoms with Gasteiger partial charge >= 0.3 is 0 Å². The Morgan fingerprint density at radius 2 is 1.70 bits per heavy atom.